The van der Waals surface area contributed by atoms with Crippen molar-refractivity contribution in [1.82, 2.24) is 0 Å². The fourth-order valence-corrected chi connectivity index (χ4v) is 2.42. The summed E-state index contributed by atoms with van der Waals surface area (Å²) in [7, 11) is 0. The minimum atomic E-state index is -1.39. The van der Waals surface area contributed by atoms with Crippen LogP contribution in [0.1, 0.15) is 80.1 Å². The molecule has 0 rings (SSSR count). The third-order valence-electron chi connectivity index (χ3n) is 4.28. The number of carbonyl (C=O) groups is 2. The third kappa shape index (κ3) is 6.37. The molecule has 0 aromatic rings. The van der Waals surface area contributed by atoms with Crippen LogP contribution in [-0.4, -0.2) is 23.1 Å². The van der Waals surface area contributed by atoms with Gasteiger partial charge in [-0.1, -0.05) is 41.5 Å². The molecule has 0 heterocycles. The van der Waals surface area contributed by atoms with Crippen LogP contribution in [0.2, 0.25) is 0 Å². The molecule has 0 aliphatic rings. The van der Waals surface area contributed by atoms with Gasteiger partial charge in [-0.15, -0.1) is 0 Å². The summed E-state index contributed by atoms with van der Waals surface area (Å²) in [5.41, 5.74) is -1.39. The zero-order valence-corrected chi connectivity index (χ0v) is 15.1. The molecule has 130 valence electrons. The van der Waals surface area contributed by atoms with Crippen molar-refractivity contribution in [3.05, 3.63) is 0 Å². The van der Waals surface area contributed by atoms with E-state index in [2.05, 4.69) is 0 Å². The van der Waals surface area contributed by atoms with E-state index in [0.29, 0.717) is 50.4 Å². The lowest BCUT2D eigenvalue weighted by atomic mass is 9.76. The summed E-state index contributed by atoms with van der Waals surface area (Å²) in [6, 6.07) is 0. The molecular weight excluding hydrogens is 280 g/mol. The second-order valence-electron chi connectivity index (χ2n) is 7.10. The van der Waals surface area contributed by atoms with Gasteiger partial charge in [0.1, 0.15) is 6.10 Å². The first kappa shape index (κ1) is 20.9. The molecule has 22 heavy (non-hydrogen) atoms. The molecule has 0 aliphatic heterocycles. The molecular formula is C18H34O4. The fourth-order valence-electron chi connectivity index (χ4n) is 2.42. The van der Waals surface area contributed by atoms with E-state index in [1.54, 1.807) is 0 Å². The largest absolute Gasteiger partial charge is 0.480 e. The van der Waals surface area contributed by atoms with E-state index in [-0.39, 0.29) is 6.10 Å². The molecule has 0 fully saturated rings. The molecule has 1 N–H and O–H groups in total. The van der Waals surface area contributed by atoms with Crippen LogP contribution in [-0.2, 0) is 14.3 Å². The Morgan fingerprint density at radius 3 is 1.64 bits per heavy atom. The number of ether oxygens (including phenoxy) is 1. The quantitative estimate of drug-likeness (QED) is 0.445. The zero-order chi connectivity index (χ0) is 17.3. The van der Waals surface area contributed by atoms with Gasteiger partial charge in [-0.05, 0) is 50.4 Å². The summed E-state index contributed by atoms with van der Waals surface area (Å²) in [6.45, 7) is 12.1. The van der Waals surface area contributed by atoms with E-state index in [4.69, 9.17) is 4.74 Å². The van der Waals surface area contributed by atoms with Crippen molar-refractivity contribution in [2.75, 3.05) is 0 Å². The Hall–Kier alpha value is -1.06. The van der Waals surface area contributed by atoms with Gasteiger partial charge in [-0.3, -0.25) is 9.59 Å². The third-order valence-corrected chi connectivity index (χ3v) is 4.28. The van der Waals surface area contributed by atoms with E-state index in [1.807, 2.05) is 41.5 Å². The van der Waals surface area contributed by atoms with Crippen LogP contribution >= 0.6 is 0 Å². The molecule has 4 nitrogen and oxygen atoms in total. The lowest BCUT2D eigenvalue weighted by molar-refractivity contribution is -0.174. The van der Waals surface area contributed by atoms with Gasteiger partial charge in [0.15, 0.2) is 5.41 Å². The van der Waals surface area contributed by atoms with Crippen molar-refractivity contribution >= 4 is 11.9 Å². The average molecular weight is 314 g/mol. The maximum Gasteiger partial charge on any atom is 0.323 e. The molecule has 0 saturated heterocycles. The van der Waals surface area contributed by atoms with Gasteiger partial charge >= 0.3 is 11.9 Å². The molecule has 0 amide bonds. The molecule has 0 aromatic carbocycles. The predicted molar refractivity (Wildman–Crippen MR) is 88.7 cm³/mol. The monoisotopic (exact) mass is 314 g/mol. The van der Waals surface area contributed by atoms with Gasteiger partial charge in [-0.2, -0.15) is 0 Å². The smallest absolute Gasteiger partial charge is 0.323 e. The van der Waals surface area contributed by atoms with E-state index >= 15 is 0 Å². The minimum Gasteiger partial charge on any atom is -0.480 e. The van der Waals surface area contributed by atoms with Gasteiger partial charge in [0.25, 0.3) is 0 Å². The first-order chi connectivity index (χ1) is 10.2. The van der Waals surface area contributed by atoms with Crippen molar-refractivity contribution in [2.45, 2.75) is 86.2 Å². The molecule has 0 saturated carbocycles. The normalized spacial score (nSPS) is 12.2. The summed E-state index contributed by atoms with van der Waals surface area (Å²) in [5, 5.41) is 9.78. The van der Waals surface area contributed by atoms with E-state index in [9.17, 15) is 14.7 Å². The maximum absolute atomic E-state index is 12.7. The Kier molecular flexibility index (Phi) is 9.38. The highest BCUT2D eigenvalue weighted by molar-refractivity contribution is 5.99. The van der Waals surface area contributed by atoms with Crippen LogP contribution in [0.25, 0.3) is 0 Å². The van der Waals surface area contributed by atoms with Gasteiger partial charge in [-0.25, -0.2) is 0 Å². The minimum absolute atomic E-state index is 0.190. The Morgan fingerprint density at radius 1 is 0.955 bits per heavy atom. The molecule has 0 unspecified atom stereocenters. The van der Waals surface area contributed by atoms with Gasteiger partial charge in [0.2, 0.25) is 0 Å². The van der Waals surface area contributed by atoms with E-state index in [0.717, 1.165) is 0 Å². The first-order valence-electron chi connectivity index (χ1n) is 8.64. The highest BCUT2D eigenvalue weighted by atomic mass is 16.5. The molecule has 0 bridgehead atoms. The molecule has 0 atom stereocenters. The zero-order valence-electron chi connectivity index (χ0n) is 15.1. The lowest BCUT2D eigenvalue weighted by Crippen LogP contribution is -2.42. The molecule has 4 heteroatoms. The second kappa shape index (κ2) is 9.86. The molecule has 0 spiro atoms. The van der Waals surface area contributed by atoms with Gasteiger partial charge in [0.05, 0.1) is 0 Å². The van der Waals surface area contributed by atoms with Crippen LogP contribution in [0.4, 0.5) is 0 Å². The SMILES string of the molecule is CCC(CC)OC(=O)C(CCC(C)C)(CCC(C)C)C(=O)O. The Labute approximate surface area is 135 Å². The Balaban J connectivity index is 5.30. The number of carboxylic acids is 1. The average Bonchev–Trinajstić information content (AvgIpc) is 2.43. The van der Waals surface area contributed by atoms with Crippen LogP contribution in [0.15, 0.2) is 0 Å². The number of hydrogen-bond acceptors (Lipinski definition) is 3. The fraction of sp³-hybridized carbons (Fsp3) is 0.889. The number of carbonyl (C=O) groups excluding carboxylic acids is 1. The van der Waals surface area contributed by atoms with Crippen molar-refractivity contribution in [3.63, 3.8) is 0 Å². The number of aliphatic carboxylic acids is 1. The summed E-state index contributed by atoms with van der Waals surface area (Å²) < 4.78 is 5.52. The standard InChI is InChI=1S/C18H34O4/c1-7-15(8-2)22-17(21)18(16(19)20,11-9-13(3)4)12-10-14(5)6/h13-15H,7-12H2,1-6H3,(H,19,20). The molecule has 0 aromatic heterocycles. The van der Waals surface area contributed by atoms with E-state index in [1.165, 1.54) is 0 Å². The Morgan fingerprint density at radius 2 is 1.36 bits per heavy atom. The number of carboxylic acid groups (broad SMARTS) is 1. The van der Waals surface area contributed by atoms with Crippen LogP contribution in [0.3, 0.4) is 0 Å². The second-order valence-corrected chi connectivity index (χ2v) is 7.10. The lowest BCUT2D eigenvalue weighted by Gasteiger charge is -2.30. The van der Waals surface area contributed by atoms with Crippen molar-refractivity contribution in [1.29, 1.82) is 0 Å². The van der Waals surface area contributed by atoms with Gasteiger partial charge in [0, 0.05) is 0 Å². The van der Waals surface area contributed by atoms with Crippen molar-refractivity contribution < 1.29 is 19.4 Å². The number of hydrogen-bond donors (Lipinski definition) is 1. The number of rotatable bonds is 11. The highest BCUT2D eigenvalue weighted by Gasteiger charge is 2.47. The summed E-state index contributed by atoms with van der Waals surface area (Å²) in [5.74, 6) is -0.864. The number of esters is 1. The predicted octanol–water partition coefficient (Wildman–Crippen LogP) is 4.66. The Bertz CT molecular complexity index is 331. The molecule has 0 radical (unpaired) electrons. The topological polar surface area (TPSA) is 63.6 Å². The highest BCUT2D eigenvalue weighted by Crippen LogP contribution is 2.35. The van der Waals surface area contributed by atoms with Crippen molar-refractivity contribution in [3.8, 4) is 0 Å². The first-order valence-corrected chi connectivity index (χ1v) is 8.64. The maximum atomic E-state index is 12.7. The van der Waals surface area contributed by atoms with Crippen LogP contribution in [0.5, 0.6) is 0 Å². The summed E-state index contributed by atoms with van der Waals surface area (Å²) in [4.78, 5) is 24.6. The summed E-state index contributed by atoms with van der Waals surface area (Å²) in [6.07, 6.45) is 3.37. The molecule has 0 aliphatic carbocycles. The van der Waals surface area contributed by atoms with Crippen LogP contribution < -0.4 is 0 Å². The van der Waals surface area contributed by atoms with Crippen molar-refractivity contribution in [2.24, 2.45) is 17.3 Å². The van der Waals surface area contributed by atoms with Crippen LogP contribution in [0, 0.1) is 17.3 Å². The summed E-state index contributed by atoms with van der Waals surface area (Å²) >= 11 is 0. The van der Waals surface area contributed by atoms with Gasteiger partial charge < -0.3 is 9.84 Å². The van der Waals surface area contributed by atoms with E-state index < -0.39 is 17.4 Å².